The largest absolute Gasteiger partial charge is 0.298 e. The van der Waals surface area contributed by atoms with E-state index in [-0.39, 0.29) is 0 Å². The molecular weight excluding hydrogens is 334 g/mol. The molecule has 5 heteroatoms. The summed E-state index contributed by atoms with van der Waals surface area (Å²) in [5, 5.41) is 0.489. The van der Waals surface area contributed by atoms with Crippen molar-refractivity contribution in [2.24, 2.45) is 0 Å². The molecule has 0 amide bonds. The van der Waals surface area contributed by atoms with Crippen molar-refractivity contribution in [2.45, 2.75) is 18.6 Å². The maximum Gasteiger partial charge on any atom is 0.150 e. The van der Waals surface area contributed by atoms with Crippen molar-refractivity contribution in [3.63, 3.8) is 0 Å². The van der Waals surface area contributed by atoms with Crippen molar-refractivity contribution in [1.29, 1.82) is 0 Å². The summed E-state index contributed by atoms with van der Waals surface area (Å²) in [6, 6.07) is 15.1. The summed E-state index contributed by atoms with van der Waals surface area (Å²) < 4.78 is 23.6. The second kappa shape index (κ2) is 6.76. The average molecular weight is 353 g/mol. The highest BCUT2D eigenvalue weighted by molar-refractivity contribution is 7.91. The zero-order chi connectivity index (χ0) is 18.0. The van der Waals surface area contributed by atoms with Crippen LogP contribution in [0, 0.1) is 0 Å². The maximum absolute atomic E-state index is 11.8. The van der Waals surface area contributed by atoms with Gasteiger partial charge < -0.3 is 0 Å². The molecule has 0 bridgehead atoms. The molecule has 0 N–H and O–H groups in total. The van der Waals surface area contributed by atoms with Gasteiger partial charge in [0, 0.05) is 29.0 Å². The Morgan fingerprint density at radius 2 is 1.92 bits per heavy atom. The smallest absolute Gasteiger partial charge is 0.150 e. The van der Waals surface area contributed by atoms with Crippen molar-refractivity contribution < 1.29 is 13.2 Å². The summed E-state index contributed by atoms with van der Waals surface area (Å²) >= 11 is 0. The van der Waals surface area contributed by atoms with Gasteiger partial charge >= 0.3 is 0 Å². The Hall–Kier alpha value is -2.53. The zero-order valence-electron chi connectivity index (χ0n) is 14.1. The molecule has 4 nitrogen and oxygen atoms in total. The van der Waals surface area contributed by atoms with Crippen LogP contribution in [0.1, 0.15) is 22.8 Å². The Labute approximate surface area is 147 Å². The van der Waals surface area contributed by atoms with Crippen LogP contribution in [-0.4, -0.2) is 31.2 Å². The van der Waals surface area contributed by atoms with E-state index in [0.717, 1.165) is 33.9 Å². The molecule has 1 heterocycles. The van der Waals surface area contributed by atoms with Gasteiger partial charge in [-0.3, -0.25) is 9.78 Å². The van der Waals surface area contributed by atoms with E-state index >= 15 is 0 Å². The molecule has 0 spiro atoms. The lowest BCUT2D eigenvalue weighted by Gasteiger charge is -2.13. The Balaban J connectivity index is 2.17. The number of aldehydes is 1. The zero-order valence-corrected chi connectivity index (χ0v) is 15.0. The maximum atomic E-state index is 11.8. The lowest BCUT2D eigenvalue weighted by molar-refractivity contribution is 0.112. The van der Waals surface area contributed by atoms with Gasteiger partial charge in [-0.05, 0) is 48.7 Å². The van der Waals surface area contributed by atoms with Crippen LogP contribution >= 0.6 is 0 Å². The fraction of sp³-hybridized carbons (Fsp3) is 0.200. The van der Waals surface area contributed by atoms with Crippen LogP contribution in [0.3, 0.4) is 0 Å². The summed E-state index contributed by atoms with van der Waals surface area (Å²) in [5.74, 6) is 0. The highest BCUT2D eigenvalue weighted by Gasteiger charge is 2.17. The molecule has 0 aliphatic rings. The Bertz CT molecular complexity index is 1040. The topological polar surface area (TPSA) is 64.1 Å². The van der Waals surface area contributed by atoms with Crippen LogP contribution in [0.5, 0.6) is 0 Å². The second-order valence-corrected chi connectivity index (χ2v) is 8.77. The molecule has 0 saturated heterocycles. The number of hydrogen-bond donors (Lipinski definition) is 0. The number of aromatic nitrogens is 1. The molecule has 25 heavy (non-hydrogen) atoms. The van der Waals surface area contributed by atoms with Crippen molar-refractivity contribution >= 4 is 27.0 Å². The lowest BCUT2D eigenvalue weighted by Crippen LogP contribution is -2.18. The Morgan fingerprint density at radius 1 is 1.12 bits per heavy atom. The molecule has 3 aromatic rings. The van der Waals surface area contributed by atoms with Crippen LogP contribution in [0.2, 0.25) is 0 Å². The molecule has 1 unspecified atom stereocenters. The van der Waals surface area contributed by atoms with Gasteiger partial charge in [-0.15, -0.1) is 0 Å². The van der Waals surface area contributed by atoms with E-state index in [4.69, 9.17) is 0 Å². The minimum atomic E-state index is -3.10. The third-order valence-electron chi connectivity index (χ3n) is 4.35. The first kappa shape index (κ1) is 17.3. The van der Waals surface area contributed by atoms with Crippen LogP contribution in [0.25, 0.3) is 22.0 Å². The number of carbonyl (C=O) groups is 1. The Morgan fingerprint density at radius 3 is 2.64 bits per heavy atom. The van der Waals surface area contributed by atoms with E-state index in [1.165, 1.54) is 6.26 Å². The van der Waals surface area contributed by atoms with Crippen molar-refractivity contribution in [3.8, 4) is 11.1 Å². The van der Waals surface area contributed by atoms with E-state index in [1.54, 1.807) is 19.2 Å². The SMILES string of the molecule is CC(Cc1cc(-c2cccc(C=O)c2)c2ncccc2c1)S(C)(=O)=O. The van der Waals surface area contributed by atoms with Crippen LogP contribution in [0.15, 0.2) is 54.7 Å². The normalized spacial score (nSPS) is 12.9. The molecule has 0 aliphatic carbocycles. The van der Waals surface area contributed by atoms with Gasteiger partial charge in [-0.1, -0.05) is 24.3 Å². The van der Waals surface area contributed by atoms with E-state index < -0.39 is 15.1 Å². The van der Waals surface area contributed by atoms with Crippen molar-refractivity contribution in [2.75, 3.05) is 6.26 Å². The molecule has 0 radical (unpaired) electrons. The number of rotatable bonds is 5. The molecule has 0 saturated carbocycles. The molecule has 3 rings (SSSR count). The highest BCUT2D eigenvalue weighted by atomic mass is 32.2. The van der Waals surface area contributed by atoms with E-state index in [1.807, 2.05) is 42.5 Å². The van der Waals surface area contributed by atoms with Gasteiger partial charge in [-0.25, -0.2) is 8.42 Å². The molecule has 1 aromatic heterocycles. The Kier molecular flexibility index (Phi) is 4.68. The van der Waals surface area contributed by atoms with Gasteiger partial charge in [0.2, 0.25) is 0 Å². The number of carbonyl (C=O) groups excluding carboxylic acids is 1. The van der Waals surface area contributed by atoms with Gasteiger partial charge in [-0.2, -0.15) is 0 Å². The first-order chi connectivity index (χ1) is 11.9. The number of pyridine rings is 1. The minimum Gasteiger partial charge on any atom is -0.298 e. The summed E-state index contributed by atoms with van der Waals surface area (Å²) in [4.78, 5) is 15.6. The standard InChI is InChI=1S/C20H19NO3S/c1-14(25(2,23)24)9-16-11-18-7-4-8-21-20(18)19(12-16)17-6-3-5-15(10-17)13-22/h3-8,10-14H,9H2,1-2H3. The van der Waals surface area contributed by atoms with E-state index in [2.05, 4.69) is 4.98 Å². The quantitative estimate of drug-likeness (QED) is 0.656. The molecule has 128 valence electrons. The van der Waals surface area contributed by atoms with Crippen molar-refractivity contribution in [1.82, 2.24) is 4.98 Å². The van der Waals surface area contributed by atoms with Crippen LogP contribution < -0.4 is 0 Å². The highest BCUT2D eigenvalue weighted by Crippen LogP contribution is 2.30. The molecular formula is C20H19NO3S. The third kappa shape index (κ3) is 3.77. The molecule has 0 aliphatic heterocycles. The fourth-order valence-corrected chi connectivity index (χ4v) is 3.35. The average Bonchev–Trinajstić information content (AvgIpc) is 2.60. The van der Waals surface area contributed by atoms with Crippen molar-refractivity contribution in [3.05, 3.63) is 65.9 Å². The lowest BCUT2D eigenvalue weighted by atomic mass is 9.96. The predicted octanol–water partition coefficient (Wildman–Crippen LogP) is 3.69. The number of sulfone groups is 1. The monoisotopic (exact) mass is 353 g/mol. The summed E-state index contributed by atoms with van der Waals surface area (Å²) in [5.41, 5.74) is 4.15. The van der Waals surface area contributed by atoms with Crippen LogP contribution in [0.4, 0.5) is 0 Å². The van der Waals surface area contributed by atoms with E-state index in [0.29, 0.717) is 12.0 Å². The summed E-state index contributed by atoms with van der Waals surface area (Å²) in [7, 11) is -3.10. The second-order valence-electron chi connectivity index (χ2n) is 6.31. The van der Waals surface area contributed by atoms with Gasteiger partial charge in [0.25, 0.3) is 0 Å². The number of hydrogen-bond acceptors (Lipinski definition) is 4. The fourth-order valence-electron chi connectivity index (χ4n) is 2.86. The first-order valence-electron chi connectivity index (χ1n) is 8.00. The first-order valence-corrected chi connectivity index (χ1v) is 9.96. The number of benzene rings is 2. The molecule has 1 atom stereocenters. The van der Waals surface area contributed by atoms with Gasteiger partial charge in [0.15, 0.2) is 0 Å². The van der Waals surface area contributed by atoms with Gasteiger partial charge in [0.05, 0.1) is 10.8 Å². The van der Waals surface area contributed by atoms with Gasteiger partial charge in [0.1, 0.15) is 16.1 Å². The minimum absolute atomic E-state index is 0.435. The number of nitrogens with zero attached hydrogens (tertiary/aromatic N) is 1. The summed E-state index contributed by atoms with van der Waals surface area (Å²) in [6.07, 6.45) is 4.24. The summed E-state index contributed by atoms with van der Waals surface area (Å²) in [6.45, 7) is 1.72. The predicted molar refractivity (Wildman–Crippen MR) is 101 cm³/mol. The molecule has 2 aromatic carbocycles. The van der Waals surface area contributed by atoms with Crippen LogP contribution in [-0.2, 0) is 16.3 Å². The number of fused-ring (bicyclic) bond motifs is 1. The van der Waals surface area contributed by atoms with E-state index in [9.17, 15) is 13.2 Å². The molecule has 0 fully saturated rings. The third-order valence-corrected chi connectivity index (χ3v) is 5.98.